The van der Waals surface area contributed by atoms with Gasteiger partial charge in [-0.1, -0.05) is 19.9 Å². The number of methoxy groups -OCH3 is 1. The predicted octanol–water partition coefficient (Wildman–Crippen LogP) is 9.76. The van der Waals surface area contributed by atoms with E-state index in [0.29, 0.717) is 6.07 Å². The molecule has 0 bridgehead atoms. The van der Waals surface area contributed by atoms with Crippen LogP contribution in [0.3, 0.4) is 0 Å². The number of cyclic esters (lactones) is 1. The molecule has 0 aromatic heterocycles. The monoisotopic (exact) mass is 642 g/mol. The Kier molecular flexibility index (Phi) is 6.91. The van der Waals surface area contributed by atoms with Crippen LogP contribution in [0.15, 0.2) is 48.5 Å². The van der Waals surface area contributed by atoms with Crippen molar-refractivity contribution < 1.29 is 65.0 Å². The van der Waals surface area contributed by atoms with Crippen LogP contribution in [0, 0.1) is 5.82 Å². The zero-order valence-electron chi connectivity index (χ0n) is 27.8. The van der Waals surface area contributed by atoms with Crippen molar-refractivity contribution in [3.63, 3.8) is 0 Å². The Morgan fingerprint density at radius 2 is 1.50 bits per heavy atom. The normalized spacial score (nSPS) is 20.1. The zero-order chi connectivity index (χ0) is 37.2. The average molecular weight is 643 g/mol. The minimum atomic E-state index is -5.41. The Balaban J connectivity index is 2.05. The van der Waals surface area contributed by atoms with E-state index in [1.165, 1.54) is 13.8 Å². The lowest BCUT2D eigenvalue weighted by Gasteiger charge is -2.25. The smallest absolute Gasteiger partial charge is 0.416 e. The van der Waals surface area contributed by atoms with Gasteiger partial charge < -0.3 is 9.47 Å². The van der Waals surface area contributed by atoms with E-state index in [9.17, 15) is 44.3 Å². The van der Waals surface area contributed by atoms with E-state index >= 15 is 4.39 Å². The standard InChI is InChI=1S/C30H25F10NO3/c1-14(2)24-22(31)7-8-23(43-4)25(24)21-6-5-18(28(32,33)34)11-17(21)13-41-15(3)26(44-27(41)42)16-9-19(29(35,36)37)12-20(10-16)30(38,39)40/h5-12,14-15,26H,13H2,1-4H3/t15-,26-/m0/s1/i3D3,13D2. The first-order chi connectivity index (χ1) is 22.2. The summed E-state index contributed by atoms with van der Waals surface area (Å²) < 4.78 is 191. The molecule has 14 heteroatoms. The van der Waals surface area contributed by atoms with Gasteiger partial charge in [-0.2, -0.15) is 39.5 Å². The summed E-state index contributed by atoms with van der Waals surface area (Å²) in [5.41, 5.74) is -8.46. The van der Waals surface area contributed by atoms with E-state index in [1.54, 1.807) is 0 Å². The Hall–Kier alpha value is -3.97. The van der Waals surface area contributed by atoms with E-state index in [2.05, 4.69) is 0 Å². The number of nitrogens with zero attached hydrogens (tertiary/aromatic N) is 1. The summed E-state index contributed by atoms with van der Waals surface area (Å²) in [6, 6.07) is 0.768. The highest BCUT2D eigenvalue weighted by molar-refractivity contribution is 5.79. The molecule has 4 nitrogen and oxygen atoms in total. The lowest BCUT2D eigenvalue weighted by molar-refractivity contribution is -0.143. The molecule has 0 N–H and O–H groups in total. The molecule has 3 aromatic carbocycles. The topological polar surface area (TPSA) is 38.8 Å². The van der Waals surface area contributed by atoms with E-state index in [4.69, 9.17) is 16.3 Å². The molecule has 0 radical (unpaired) electrons. The molecular weight excluding hydrogens is 612 g/mol. The molecule has 3 aromatic rings. The van der Waals surface area contributed by atoms with Gasteiger partial charge in [-0.25, -0.2) is 9.18 Å². The van der Waals surface area contributed by atoms with Gasteiger partial charge in [0.15, 0.2) is 0 Å². The maximum absolute atomic E-state index is 15.2. The van der Waals surface area contributed by atoms with Crippen LogP contribution in [0.5, 0.6) is 5.75 Å². The third-order valence-corrected chi connectivity index (χ3v) is 6.74. The number of carbonyl (C=O) groups is 1. The summed E-state index contributed by atoms with van der Waals surface area (Å²) >= 11 is 0. The molecule has 44 heavy (non-hydrogen) atoms. The number of halogens is 10. The van der Waals surface area contributed by atoms with Crippen LogP contribution in [0.4, 0.5) is 48.7 Å². The minimum Gasteiger partial charge on any atom is -0.496 e. The van der Waals surface area contributed by atoms with Crippen molar-refractivity contribution in [1.82, 2.24) is 4.90 Å². The fraction of sp³-hybridized carbons (Fsp3) is 0.367. The number of alkyl halides is 9. The Morgan fingerprint density at radius 1 is 0.909 bits per heavy atom. The first kappa shape index (κ1) is 26.4. The van der Waals surface area contributed by atoms with Crippen molar-refractivity contribution in [3.8, 4) is 16.9 Å². The summed E-state index contributed by atoms with van der Waals surface area (Å²) in [6.45, 7) is -4.30. The summed E-state index contributed by atoms with van der Waals surface area (Å²) in [7, 11) is 1.12. The SMILES string of the molecule is [2H]C([2H])([2H])[C@H]1[C@@H](c2cc(C(F)(F)F)cc(C(F)(F)F)c2)OC(=O)N1C([2H])([2H])c1cc(C(F)(F)F)ccc1-c1c(OC)ccc(F)c1C(C)C. The number of hydrogen-bond donors (Lipinski definition) is 0. The van der Waals surface area contributed by atoms with E-state index in [0.717, 1.165) is 25.3 Å². The van der Waals surface area contributed by atoms with Gasteiger partial charge in [0, 0.05) is 15.2 Å². The number of ether oxygens (including phenoxy) is 2. The summed E-state index contributed by atoms with van der Waals surface area (Å²) in [5, 5.41) is 0. The second-order valence-electron chi connectivity index (χ2n) is 10.0. The molecule has 1 saturated heterocycles. The Morgan fingerprint density at radius 3 is 2.00 bits per heavy atom. The van der Waals surface area contributed by atoms with Gasteiger partial charge in [0.1, 0.15) is 17.7 Å². The molecular formula is C30H25F10NO3. The van der Waals surface area contributed by atoms with Crippen LogP contribution in [0.25, 0.3) is 11.1 Å². The van der Waals surface area contributed by atoms with Gasteiger partial charge in [-0.3, -0.25) is 4.90 Å². The molecule has 0 saturated carbocycles. The Labute approximate surface area is 252 Å². The maximum Gasteiger partial charge on any atom is 0.416 e. The van der Waals surface area contributed by atoms with E-state index in [1.807, 2.05) is 0 Å². The molecule has 0 unspecified atom stereocenters. The van der Waals surface area contributed by atoms with Crippen LogP contribution in [-0.2, 0) is 29.8 Å². The van der Waals surface area contributed by atoms with Gasteiger partial charge in [0.2, 0.25) is 0 Å². The first-order valence-corrected chi connectivity index (χ1v) is 12.6. The van der Waals surface area contributed by atoms with Crippen molar-refractivity contribution in [2.24, 2.45) is 0 Å². The molecule has 1 heterocycles. The highest BCUT2D eigenvalue weighted by Crippen LogP contribution is 2.45. The Bertz CT molecular complexity index is 1720. The fourth-order valence-corrected chi connectivity index (χ4v) is 4.73. The van der Waals surface area contributed by atoms with Gasteiger partial charge in [0.25, 0.3) is 0 Å². The van der Waals surface area contributed by atoms with E-state index in [-0.39, 0.29) is 46.0 Å². The summed E-state index contributed by atoms with van der Waals surface area (Å²) in [4.78, 5) is 13.1. The largest absolute Gasteiger partial charge is 0.496 e. The highest BCUT2D eigenvalue weighted by atomic mass is 19.4. The van der Waals surface area contributed by atoms with Crippen molar-refractivity contribution in [2.75, 3.05) is 7.11 Å². The highest BCUT2D eigenvalue weighted by Gasteiger charge is 2.44. The van der Waals surface area contributed by atoms with Crippen molar-refractivity contribution in [2.45, 2.75) is 63.8 Å². The lowest BCUT2D eigenvalue weighted by atomic mass is 9.88. The quantitative estimate of drug-likeness (QED) is 0.252. The molecule has 1 aliphatic heterocycles. The molecule has 1 amide bonds. The molecule has 0 spiro atoms. The van der Waals surface area contributed by atoms with Crippen LogP contribution in [0.1, 0.15) is 73.0 Å². The van der Waals surface area contributed by atoms with Crippen molar-refractivity contribution in [3.05, 3.63) is 87.7 Å². The number of carbonyl (C=O) groups excluding carboxylic acids is 1. The number of rotatable bonds is 6. The fourth-order valence-electron chi connectivity index (χ4n) is 4.73. The second-order valence-corrected chi connectivity index (χ2v) is 10.0. The van der Waals surface area contributed by atoms with Gasteiger partial charge in [0.05, 0.1) is 39.1 Å². The second kappa shape index (κ2) is 11.5. The van der Waals surface area contributed by atoms with Gasteiger partial charge in [-0.15, -0.1) is 0 Å². The number of amides is 1. The third kappa shape index (κ3) is 6.43. The lowest BCUT2D eigenvalue weighted by Crippen LogP contribution is -2.32. The van der Waals surface area contributed by atoms with Crippen molar-refractivity contribution >= 4 is 6.09 Å². The predicted molar refractivity (Wildman–Crippen MR) is 138 cm³/mol. The molecule has 1 fully saturated rings. The maximum atomic E-state index is 15.2. The van der Waals surface area contributed by atoms with Crippen LogP contribution < -0.4 is 4.74 Å². The summed E-state index contributed by atoms with van der Waals surface area (Å²) in [5.74, 6) is -1.77. The van der Waals surface area contributed by atoms with E-state index < -0.39 is 95.2 Å². The molecule has 1 aliphatic rings. The summed E-state index contributed by atoms with van der Waals surface area (Å²) in [6.07, 6.45) is -20.4. The minimum absolute atomic E-state index is 0.0905. The molecule has 2 atom stereocenters. The third-order valence-electron chi connectivity index (χ3n) is 6.74. The van der Waals surface area contributed by atoms with Gasteiger partial charge in [-0.05, 0) is 71.9 Å². The number of benzene rings is 3. The van der Waals surface area contributed by atoms with Crippen LogP contribution in [-0.4, -0.2) is 24.1 Å². The van der Waals surface area contributed by atoms with Crippen molar-refractivity contribution in [1.29, 1.82) is 0 Å². The molecule has 238 valence electrons. The first-order valence-electron chi connectivity index (χ1n) is 15.1. The average Bonchev–Trinajstić information content (AvgIpc) is 3.33. The molecule has 0 aliphatic carbocycles. The zero-order valence-corrected chi connectivity index (χ0v) is 22.8. The van der Waals surface area contributed by atoms with Gasteiger partial charge >= 0.3 is 24.6 Å². The van der Waals surface area contributed by atoms with Crippen LogP contribution in [0.2, 0.25) is 0 Å². The molecule has 4 rings (SSSR count). The number of hydrogen-bond acceptors (Lipinski definition) is 3. The van der Waals surface area contributed by atoms with Crippen LogP contribution >= 0.6 is 0 Å².